The normalized spacial score (nSPS) is 18.1. The molecule has 0 radical (unpaired) electrons. The fourth-order valence-corrected chi connectivity index (χ4v) is 2.17. The van der Waals surface area contributed by atoms with E-state index in [2.05, 4.69) is 63.8 Å². The highest BCUT2D eigenvalue weighted by Crippen LogP contribution is 2.32. The van der Waals surface area contributed by atoms with Crippen LogP contribution in [0.1, 0.15) is 33.6 Å². The van der Waals surface area contributed by atoms with Gasteiger partial charge in [0.1, 0.15) is 0 Å². The van der Waals surface area contributed by atoms with Crippen LogP contribution < -0.4 is 0 Å². The van der Waals surface area contributed by atoms with Gasteiger partial charge in [0.15, 0.2) is 0 Å². The van der Waals surface area contributed by atoms with Gasteiger partial charge in [0.2, 0.25) is 0 Å². The fraction of sp³-hybridized carbons (Fsp3) is 0.294. The highest BCUT2D eigenvalue weighted by molar-refractivity contribution is 5.49. The first kappa shape index (κ1) is 13.5. The molecule has 0 amide bonds. The molecule has 0 fully saturated rings. The third-order valence-electron chi connectivity index (χ3n) is 2.94. The monoisotopic (exact) mass is 226 g/mol. The molecule has 1 aliphatic carbocycles. The zero-order valence-electron chi connectivity index (χ0n) is 11.2. The Bertz CT molecular complexity index is 423. The second-order valence-corrected chi connectivity index (χ2v) is 4.16. The average molecular weight is 226 g/mol. The first-order valence-corrected chi connectivity index (χ1v) is 6.21. The van der Waals surface area contributed by atoms with Crippen molar-refractivity contribution in [2.45, 2.75) is 33.6 Å². The molecule has 0 aromatic heterocycles. The van der Waals surface area contributed by atoms with Crippen LogP contribution in [0.25, 0.3) is 0 Å². The minimum atomic E-state index is 0.993. The molecule has 0 unspecified atom stereocenters. The molecule has 0 nitrogen and oxygen atoms in total. The van der Waals surface area contributed by atoms with E-state index in [9.17, 15) is 0 Å². The average Bonchev–Trinajstić information content (AvgIpc) is 2.33. The van der Waals surface area contributed by atoms with Gasteiger partial charge in [0, 0.05) is 0 Å². The summed E-state index contributed by atoms with van der Waals surface area (Å²) < 4.78 is 0. The molecule has 0 aromatic rings. The molecule has 1 rings (SSSR count). The van der Waals surface area contributed by atoms with Gasteiger partial charge in [-0.15, -0.1) is 0 Å². The van der Waals surface area contributed by atoms with Crippen LogP contribution in [-0.2, 0) is 0 Å². The van der Waals surface area contributed by atoms with Crippen molar-refractivity contribution >= 4 is 0 Å². The second kappa shape index (κ2) is 6.90. The maximum absolute atomic E-state index is 3.93. The fourth-order valence-electron chi connectivity index (χ4n) is 2.17. The largest absolute Gasteiger partial charge is 0.0988 e. The van der Waals surface area contributed by atoms with Gasteiger partial charge in [-0.05, 0) is 55.9 Å². The molecule has 17 heavy (non-hydrogen) atoms. The Labute approximate surface area is 105 Å². The van der Waals surface area contributed by atoms with Crippen LogP contribution in [0.15, 0.2) is 71.4 Å². The zero-order valence-corrected chi connectivity index (χ0v) is 11.2. The smallest absolute Gasteiger partial charge is 0.00203 e. The van der Waals surface area contributed by atoms with E-state index < -0.39 is 0 Å². The molecule has 0 bridgehead atoms. The number of allylic oxidation sites excluding steroid dienone is 11. The second-order valence-electron chi connectivity index (χ2n) is 4.16. The van der Waals surface area contributed by atoms with E-state index >= 15 is 0 Å². The summed E-state index contributed by atoms with van der Waals surface area (Å²) in [6, 6.07) is 0. The van der Waals surface area contributed by atoms with Gasteiger partial charge in [-0.2, -0.15) is 0 Å². The zero-order chi connectivity index (χ0) is 12.7. The first-order valence-electron chi connectivity index (χ1n) is 6.21. The van der Waals surface area contributed by atoms with Gasteiger partial charge in [0.05, 0.1) is 0 Å². The van der Waals surface area contributed by atoms with Crippen LogP contribution in [0.4, 0.5) is 0 Å². The minimum Gasteiger partial charge on any atom is -0.0988 e. The molecule has 0 saturated carbocycles. The molecule has 0 spiro atoms. The lowest BCUT2D eigenvalue weighted by Gasteiger charge is -2.20. The quantitative estimate of drug-likeness (QED) is 0.611. The maximum Gasteiger partial charge on any atom is -0.00203 e. The minimum absolute atomic E-state index is 0.993. The molecule has 0 N–H and O–H groups in total. The van der Waals surface area contributed by atoms with Crippen LogP contribution in [-0.4, -0.2) is 0 Å². The topological polar surface area (TPSA) is 0 Å². The molecular weight excluding hydrogens is 204 g/mol. The van der Waals surface area contributed by atoms with Crippen molar-refractivity contribution in [3.63, 3.8) is 0 Å². The Morgan fingerprint density at radius 2 is 1.06 bits per heavy atom. The maximum atomic E-state index is 3.93. The van der Waals surface area contributed by atoms with E-state index in [1.807, 2.05) is 6.08 Å². The lowest BCUT2D eigenvalue weighted by atomic mass is 9.85. The van der Waals surface area contributed by atoms with E-state index in [0.717, 1.165) is 12.8 Å². The summed E-state index contributed by atoms with van der Waals surface area (Å²) in [7, 11) is 0. The van der Waals surface area contributed by atoms with Crippen molar-refractivity contribution in [2.75, 3.05) is 0 Å². The number of hydrogen-bond donors (Lipinski definition) is 0. The highest BCUT2D eigenvalue weighted by Gasteiger charge is 2.14. The van der Waals surface area contributed by atoms with Crippen LogP contribution >= 0.6 is 0 Å². The standard InChI is InChI=1S/C17H22/c1-5-9-15-13-17(11-7-3)16(10-6-2)12-14(15)8-4/h5-11H,4,12-13H2,1-3H3/b9-5-,10-6-,11-7-. The van der Waals surface area contributed by atoms with Gasteiger partial charge in [-0.1, -0.05) is 49.1 Å². The summed E-state index contributed by atoms with van der Waals surface area (Å²) in [6.07, 6.45) is 17.0. The summed E-state index contributed by atoms with van der Waals surface area (Å²) in [6.45, 7) is 10.1. The van der Waals surface area contributed by atoms with Gasteiger partial charge in [-0.3, -0.25) is 0 Å². The van der Waals surface area contributed by atoms with Crippen molar-refractivity contribution in [3.8, 4) is 0 Å². The van der Waals surface area contributed by atoms with Gasteiger partial charge in [0.25, 0.3) is 0 Å². The summed E-state index contributed by atoms with van der Waals surface area (Å²) in [5.41, 5.74) is 5.58. The molecule has 0 heteroatoms. The van der Waals surface area contributed by atoms with Gasteiger partial charge < -0.3 is 0 Å². The first-order chi connectivity index (χ1) is 8.26. The number of rotatable bonds is 4. The summed E-state index contributed by atoms with van der Waals surface area (Å²) in [5.74, 6) is 0. The van der Waals surface area contributed by atoms with Crippen LogP contribution in [0.5, 0.6) is 0 Å². The Balaban J connectivity index is 3.13. The summed E-state index contributed by atoms with van der Waals surface area (Å²) in [5, 5.41) is 0. The molecule has 0 heterocycles. The Morgan fingerprint density at radius 3 is 1.41 bits per heavy atom. The lowest BCUT2D eigenvalue weighted by Crippen LogP contribution is -2.01. The predicted octanol–water partition coefficient (Wildman–Crippen LogP) is 5.29. The third-order valence-corrected chi connectivity index (χ3v) is 2.94. The van der Waals surface area contributed by atoms with E-state index in [1.165, 1.54) is 22.3 Å². The van der Waals surface area contributed by atoms with Crippen molar-refractivity contribution in [3.05, 3.63) is 71.4 Å². The van der Waals surface area contributed by atoms with Gasteiger partial charge >= 0.3 is 0 Å². The Kier molecular flexibility index (Phi) is 5.48. The molecule has 90 valence electrons. The van der Waals surface area contributed by atoms with Crippen molar-refractivity contribution in [1.82, 2.24) is 0 Å². The molecular formula is C17H22. The third kappa shape index (κ3) is 3.45. The predicted molar refractivity (Wildman–Crippen MR) is 77.9 cm³/mol. The lowest BCUT2D eigenvalue weighted by molar-refractivity contribution is 1.02. The van der Waals surface area contributed by atoms with E-state index in [-0.39, 0.29) is 0 Å². The van der Waals surface area contributed by atoms with Crippen molar-refractivity contribution in [2.24, 2.45) is 0 Å². The highest BCUT2D eigenvalue weighted by atomic mass is 14.2. The molecule has 1 aliphatic rings. The van der Waals surface area contributed by atoms with E-state index in [0.29, 0.717) is 0 Å². The van der Waals surface area contributed by atoms with E-state index in [1.54, 1.807) is 0 Å². The molecule has 0 saturated heterocycles. The van der Waals surface area contributed by atoms with Crippen molar-refractivity contribution < 1.29 is 0 Å². The Hall–Kier alpha value is -1.56. The summed E-state index contributed by atoms with van der Waals surface area (Å²) >= 11 is 0. The molecule has 0 atom stereocenters. The van der Waals surface area contributed by atoms with Crippen molar-refractivity contribution in [1.29, 1.82) is 0 Å². The van der Waals surface area contributed by atoms with Crippen LogP contribution in [0.2, 0.25) is 0 Å². The van der Waals surface area contributed by atoms with Crippen LogP contribution in [0, 0.1) is 0 Å². The van der Waals surface area contributed by atoms with Crippen LogP contribution in [0.3, 0.4) is 0 Å². The SMILES string of the molecule is C=CC1=C(/C=C\C)CC(/C=C\C)=C(/C=C\C)C1. The van der Waals surface area contributed by atoms with E-state index in [4.69, 9.17) is 0 Å². The Morgan fingerprint density at radius 1 is 0.706 bits per heavy atom. The summed E-state index contributed by atoms with van der Waals surface area (Å²) in [4.78, 5) is 0. The molecule has 0 aliphatic heterocycles. The van der Waals surface area contributed by atoms with Gasteiger partial charge in [-0.25, -0.2) is 0 Å². The molecule has 0 aromatic carbocycles. The number of hydrogen-bond acceptors (Lipinski definition) is 0.